The predicted molar refractivity (Wildman–Crippen MR) is 293 cm³/mol. The Labute approximate surface area is 420 Å². The fraction of sp³-hybridized carbons (Fsp3) is 0.935. The first-order chi connectivity index (χ1) is 33.1. The third-order valence-electron chi connectivity index (χ3n) is 14.3. The Bertz CT molecular complexity index is 979. The quantitative estimate of drug-likeness (QED) is 0.0374. The molecule has 398 valence electrons. The van der Waals surface area contributed by atoms with Crippen LogP contribution in [0.25, 0.3) is 0 Å². The molecule has 0 amide bonds. The van der Waals surface area contributed by atoms with Crippen molar-refractivity contribution in [2.24, 2.45) is 0 Å². The molecule has 0 aromatic carbocycles. The Hall–Kier alpha value is -1.36. The second-order valence-electron chi connectivity index (χ2n) is 21.1. The van der Waals surface area contributed by atoms with Gasteiger partial charge in [0.25, 0.3) is 0 Å². The van der Waals surface area contributed by atoms with Crippen LogP contribution in [0.3, 0.4) is 0 Å². The molecule has 0 saturated carbocycles. The molecule has 1 N–H and O–H groups in total. The Morgan fingerprint density at radius 2 is 0.552 bits per heavy atom. The van der Waals surface area contributed by atoms with Gasteiger partial charge in [0.05, 0.1) is 6.61 Å². The zero-order chi connectivity index (χ0) is 48.5. The highest BCUT2D eigenvalue weighted by atomic mass is 16.6. The molecule has 0 fully saturated rings. The maximum Gasteiger partial charge on any atom is 0.306 e. The number of hydrogen-bond donors (Lipinski definition) is 1. The first kappa shape index (κ1) is 65.6. The molecule has 0 rings (SSSR count). The number of unbranched alkanes of at least 4 members (excludes halogenated alkanes) is 48. The van der Waals surface area contributed by atoms with Gasteiger partial charge in [-0.15, -0.1) is 0 Å². The summed E-state index contributed by atoms with van der Waals surface area (Å²) in [7, 11) is 0. The average molecular weight is 946 g/mol. The Kier molecular flexibility index (Phi) is 57.8. The predicted octanol–water partition coefficient (Wildman–Crippen LogP) is 20.7. The molecule has 0 aromatic rings. The zero-order valence-electron chi connectivity index (χ0n) is 45.7. The van der Waals surface area contributed by atoms with Crippen LogP contribution in [0.15, 0.2) is 12.2 Å². The van der Waals surface area contributed by atoms with E-state index in [2.05, 4.69) is 26.0 Å². The minimum Gasteiger partial charge on any atom is -0.462 e. The van der Waals surface area contributed by atoms with E-state index in [9.17, 15) is 14.7 Å². The molecule has 5 heteroatoms. The maximum atomic E-state index is 12.3. The standard InChI is InChI=1S/C62H120O5/c1-3-5-7-9-11-13-15-17-19-21-22-23-24-25-26-27-28-29-30-31-32-33-34-35-36-37-38-39-40-41-43-44-46-48-50-52-54-56-61(64)66-59-60(58-63)67-62(65)57-55-53-51-49-47-45-42-20-18-16-14-12-10-8-6-4-2/h20,42,60,63H,3-19,21-41,43-59H2,1-2H3/b42-20-. The number of hydrogen-bond acceptors (Lipinski definition) is 5. The third kappa shape index (κ3) is 57.1. The fourth-order valence-electron chi connectivity index (χ4n) is 9.67. The van der Waals surface area contributed by atoms with Crippen molar-refractivity contribution in [2.75, 3.05) is 13.2 Å². The topological polar surface area (TPSA) is 72.8 Å². The average Bonchev–Trinajstić information content (AvgIpc) is 3.33. The highest BCUT2D eigenvalue weighted by Crippen LogP contribution is 2.18. The van der Waals surface area contributed by atoms with Crippen LogP contribution in [0.4, 0.5) is 0 Å². The molecule has 0 bridgehead atoms. The van der Waals surface area contributed by atoms with Gasteiger partial charge in [-0.25, -0.2) is 0 Å². The molecule has 1 unspecified atom stereocenters. The van der Waals surface area contributed by atoms with Gasteiger partial charge in [-0.05, 0) is 38.5 Å². The number of esters is 2. The van der Waals surface area contributed by atoms with Crippen molar-refractivity contribution in [3.8, 4) is 0 Å². The normalized spacial score (nSPS) is 12.1. The number of ether oxygens (including phenoxy) is 2. The lowest BCUT2D eigenvalue weighted by molar-refractivity contribution is -0.161. The second kappa shape index (κ2) is 59.0. The number of carbonyl (C=O) groups excluding carboxylic acids is 2. The van der Waals surface area contributed by atoms with Crippen molar-refractivity contribution in [2.45, 2.75) is 360 Å². The molecular weight excluding hydrogens is 825 g/mol. The number of carbonyl (C=O) groups is 2. The minimum absolute atomic E-state index is 0.0622. The van der Waals surface area contributed by atoms with Crippen LogP contribution in [0, 0.1) is 0 Å². The van der Waals surface area contributed by atoms with Crippen molar-refractivity contribution in [1.29, 1.82) is 0 Å². The zero-order valence-corrected chi connectivity index (χ0v) is 45.7. The van der Waals surface area contributed by atoms with Gasteiger partial charge in [0.1, 0.15) is 6.61 Å². The minimum atomic E-state index is -0.771. The molecule has 0 heterocycles. The summed E-state index contributed by atoms with van der Waals surface area (Å²) in [6, 6.07) is 0. The molecule has 0 radical (unpaired) electrons. The van der Waals surface area contributed by atoms with Crippen LogP contribution in [0.2, 0.25) is 0 Å². The molecule has 67 heavy (non-hydrogen) atoms. The van der Waals surface area contributed by atoms with Crippen molar-refractivity contribution >= 4 is 11.9 Å². The summed E-state index contributed by atoms with van der Waals surface area (Å²) in [6.45, 7) is 4.18. The van der Waals surface area contributed by atoms with E-state index in [1.807, 2.05) is 0 Å². The van der Waals surface area contributed by atoms with Crippen LogP contribution < -0.4 is 0 Å². The van der Waals surface area contributed by atoms with E-state index in [0.717, 1.165) is 38.5 Å². The fourth-order valence-corrected chi connectivity index (χ4v) is 9.67. The molecule has 0 aliphatic carbocycles. The molecule has 0 aliphatic rings. The van der Waals surface area contributed by atoms with Gasteiger partial charge in [0.15, 0.2) is 6.10 Å². The molecule has 0 aliphatic heterocycles. The monoisotopic (exact) mass is 945 g/mol. The maximum absolute atomic E-state index is 12.3. The lowest BCUT2D eigenvalue weighted by atomic mass is 10.0. The summed E-state index contributed by atoms with van der Waals surface area (Å²) in [5.41, 5.74) is 0. The van der Waals surface area contributed by atoms with E-state index in [-0.39, 0.29) is 25.2 Å². The summed E-state index contributed by atoms with van der Waals surface area (Å²) in [6.07, 6.45) is 73.7. The van der Waals surface area contributed by atoms with Crippen molar-refractivity contribution in [3.05, 3.63) is 12.2 Å². The number of rotatable bonds is 58. The Morgan fingerprint density at radius 1 is 0.328 bits per heavy atom. The van der Waals surface area contributed by atoms with Gasteiger partial charge in [-0.2, -0.15) is 0 Å². The summed E-state index contributed by atoms with van der Waals surface area (Å²) in [4.78, 5) is 24.5. The summed E-state index contributed by atoms with van der Waals surface area (Å²) in [5, 5.41) is 9.64. The van der Waals surface area contributed by atoms with E-state index in [4.69, 9.17) is 9.47 Å². The SMILES string of the molecule is CCCCCCCCC/C=C\CCCCCCCC(=O)OC(CO)COC(=O)CCCCCCCCCCCCCCCCCCCCCCCCCCCCCCCCCCCCCCC. The number of aliphatic hydroxyl groups is 1. The third-order valence-corrected chi connectivity index (χ3v) is 14.3. The molecular formula is C62H120O5. The molecule has 1 atom stereocenters. The highest BCUT2D eigenvalue weighted by Gasteiger charge is 2.16. The Morgan fingerprint density at radius 3 is 0.806 bits per heavy atom. The van der Waals surface area contributed by atoms with E-state index in [1.54, 1.807) is 0 Å². The van der Waals surface area contributed by atoms with Crippen molar-refractivity contribution in [3.63, 3.8) is 0 Å². The smallest absolute Gasteiger partial charge is 0.306 e. The van der Waals surface area contributed by atoms with Crippen LogP contribution in [-0.2, 0) is 19.1 Å². The van der Waals surface area contributed by atoms with Crippen molar-refractivity contribution in [1.82, 2.24) is 0 Å². The molecule has 0 saturated heterocycles. The lowest BCUT2D eigenvalue weighted by Crippen LogP contribution is -2.28. The van der Waals surface area contributed by atoms with E-state index >= 15 is 0 Å². The molecule has 0 spiro atoms. The van der Waals surface area contributed by atoms with Crippen LogP contribution in [0.1, 0.15) is 354 Å². The van der Waals surface area contributed by atoms with Crippen LogP contribution in [-0.4, -0.2) is 36.4 Å². The Balaban J connectivity index is 3.34. The summed E-state index contributed by atoms with van der Waals surface area (Å²) in [5.74, 6) is -0.580. The first-order valence-electron chi connectivity index (χ1n) is 30.7. The second-order valence-corrected chi connectivity index (χ2v) is 21.1. The lowest BCUT2D eigenvalue weighted by Gasteiger charge is -2.15. The van der Waals surface area contributed by atoms with Gasteiger partial charge < -0.3 is 14.6 Å². The van der Waals surface area contributed by atoms with Gasteiger partial charge in [-0.1, -0.05) is 315 Å². The number of aliphatic hydroxyl groups excluding tert-OH is 1. The van der Waals surface area contributed by atoms with E-state index in [1.165, 1.54) is 289 Å². The van der Waals surface area contributed by atoms with Gasteiger partial charge >= 0.3 is 11.9 Å². The molecule has 5 nitrogen and oxygen atoms in total. The van der Waals surface area contributed by atoms with Gasteiger partial charge in [0, 0.05) is 12.8 Å². The van der Waals surface area contributed by atoms with Gasteiger partial charge in [-0.3, -0.25) is 9.59 Å². The van der Waals surface area contributed by atoms with E-state index in [0.29, 0.717) is 12.8 Å². The summed E-state index contributed by atoms with van der Waals surface area (Å²) >= 11 is 0. The first-order valence-corrected chi connectivity index (χ1v) is 30.7. The number of allylic oxidation sites excluding steroid dienone is 2. The molecule has 0 aromatic heterocycles. The largest absolute Gasteiger partial charge is 0.462 e. The van der Waals surface area contributed by atoms with E-state index < -0.39 is 6.10 Å². The van der Waals surface area contributed by atoms with Crippen LogP contribution in [0.5, 0.6) is 0 Å². The van der Waals surface area contributed by atoms with Crippen LogP contribution >= 0.6 is 0 Å². The highest BCUT2D eigenvalue weighted by molar-refractivity contribution is 5.70. The van der Waals surface area contributed by atoms with Crippen molar-refractivity contribution < 1.29 is 24.2 Å². The van der Waals surface area contributed by atoms with Gasteiger partial charge in [0.2, 0.25) is 0 Å². The summed E-state index contributed by atoms with van der Waals surface area (Å²) < 4.78 is 10.7.